The van der Waals surface area contributed by atoms with Crippen molar-refractivity contribution in [3.63, 3.8) is 0 Å². The summed E-state index contributed by atoms with van der Waals surface area (Å²) in [6.07, 6.45) is -4.79. The van der Waals surface area contributed by atoms with Gasteiger partial charge in [0.25, 0.3) is 0 Å². The standard InChI is InChI=1S/C10H8F4O/c1-2-9(15)6-3-4-7(8(11)5-6)10(12,13)14/h2-5,9,15H,1H2. The van der Waals surface area contributed by atoms with E-state index in [0.29, 0.717) is 12.1 Å². The van der Waals surface area contributed by atoms with Crippen molar-refractivity contribution in [2.24, 2.45) is 0 Å². The van der Waals surface area contributed by atoms with Crippen LogP contribution in [0, 0.1) is 5.82 Å². The lowest BCUT2D eigenvalue weighted by atomic mass is 10.1. The lowest BCUT2D eigenvalue weighted by Crippen LogP contribution is -2.08. The van der Waals surface area contributed by atoms with Crippen LogP contribution in [0.1, 0.15) is 17.2 Å². The van der Waals surface area contributed by atoms with Gasteiger partial charge in [-0.25, -0.2) is 4.39 Å². The van der Waals surface area contributed by atoms with Crippen LogP contribution >= 0.6 is 0 Å². The van der Waals surface area contributed by atoms with E-state index in [9.17, 15) is 22.7 Å². The van der Waals surface area contributed by atoms with Gasteiger partial charge in [0, 0.05) is 0 Å². The van der Waals surface area contributed by atoms with Crippen molar-refractivity contribution in [1.82, 2.24) is 0 Å². The summed E-state index contributed by atoms with van der Waals surface area (Å²) in [6, 6.07) is 2.25. The minimum atomic E-state index is -4.72. The molecule has 0 amide bonds. The molecule has 0 saturated heterocycles. The van der Waals surface area contributed by atoms with Gasteiger partial charge in [-0.3, -0.25) is 0 Å². The molecule has 0 aliphatic rings. The second kappa shape index (κ2) is 4.02. The number of halogens is 4. The third kappa shape index (κ3) is 2.56. The van der Waals surface area contributed by atoms with E-state index in [2.05, 4.69) is 6.58 Å². The summed E-state index contributed by atoms with van der Waals surface area (Å²) in [5.41, 5.74) is -1.31. The van der Waals surface area contributed by atoms with Gasteiger partial charge >= 0.3 is 6.18 Å². The molecule has 1 atom stereocenters. The largest absolute Gasteiger partial charge is 0.419 e. The van der Waals surface area contributed by atoms with Crippen molar-refractivity contribution in [3.8, 4) is 0 Å². The van der Waals surface area contributed by atoms with Crippen LogP contribution in [-0.4, -0.2) is 5.11 Å². The Morgan fingerprint density at radius 3 is 2.33 bits per heavy atom. The van der Waals surface area contributed by atoms with Crippen molar-refractivity contribution < 1.29 is 22.7 Å². The molecule has 1 aromatic carbocycles. The Bertz CT molecular complexity index is 370. The van der Waals surface area contributed by atoms with Gasteiger partial charge in [-0.05, 0) is 17.7 Å². The van der Waals surface area contributed by atoms with Crippen molar-refractivity contribution in [1.29, 1.82) is 0 Å². The van der Waals surface area contributed by atoms with Crippen LogP contribution in [0.3, 0.4) is 0 Å². The molecule has 0 fully saturated rings. The molecule has 1 unspecified atom stereocenters. The molecule has 0 bridgehead atoms. The number of hydrogen-bond acceptors (Lipinski definition) is 1. The highest BCUT2D eigenvalue weighted by Gasteiger charge is 2.34. The monoisotopic (exact) mass is 220 g/mol. The second-order valence-corrected chi connectivity index (χ2v) is 2.92. The van der Waals surface area contributed by atoms with E-state index >= 15 is 0 Å². The zero-order valence-corrected chi connectivity index (χ0v) is 7.55. The van der Waals surface area contributed by atoms with Gasteiger partial charge in [0.1, 0.15) is 5.82 Å². The van der Waals surface area contributed by atoms with Crippen LogP contribution in [0.2, 0.25) is 0 Å². The molecule has 5 heteroatoms. The van der Waals surface area contributed by atoms with E-state index in [1.807, 2.05) is 0 Å². The van der Waals surface area contributed by atoms with E-state index in [-0.39, 0.29) is 5.56 Å². The molecule has 82 valence electrons. The first kappa shape index (κ1) is 11.7. The Labute approximate surface area is 83.7 Å². The summed E-state index contributed by atoms with van der Waals surface area (Å²) in [4.78, 5) is 0. The zero-order chi connectivity index (χ0) is 11.6. The number of hydrogen-bond donors (Lipinski definition) is 1. The van der Waals surface area contributed by atoms with Crippen molar-refractivity contribution >= 4 is 0 Å². The van der Waals surface area contributed by atoms with Crippen LogP contribution in [0.5, 0.6) is 0 Å². The van der Waals surface area contributed by atoms with E-state index < -0.39 is 23.7 Å². The van der Waals surface area contributed by atoms with Crippen LogP contribution < -0.4 is 0 Å². The van der Waals surface area contributed by atoms with Gasteiger partial charge in [-0.15, -0.1) is 6.58 Å². The maximum Gasteiger partial charge on any atom is 0.419 e. The zero-order valence-electron chi connectivity index (χ0n) is 7.55. The summed E-state index contributed by atoms with van der Waals surface area (Å²) >= 11 is 0. The van der Waals surface area contributed by atoms with Gasteiger partial charge in [0.2, 0.25) is 0 Å². The summed E-state index contributed by atoms with van der Waals surface area (Å²) in [5, 5.41) is 9.18. The third-order valence-corrected chi connectivity index (χ3v) is 1.86. The highest BCUT2D eigenvalue weighted by atomic mass is 19.4. The van der Waals surface area contributed by atoms with E-state index in [0.717, 1.165) is 12.1 Å². The quantitative estimate of drug-likeness (QED) is 0.599. The van der Waals surface area contributed by atoms with Crippen molar-refractivity contribution in [2.75, 3.05) is 0 Å². The number of alkyl halides is 3. The highest BCUT2D eigenvalue weighted by molar-refractivity contribution is 5.29. The predicted octanol–water partition coefficient (Wildman–Crippen LogP) is 3.06. The summed E-state index contributed by atoms with van der Waals surface area (Å²) in [5.74, 6) is -1.40. The molecule has 0 aliphatic carbocycles. The normalized spacial score (nSPS) is 13.7. The Hall–Kier alpha value is -1.36. The van der Waals surface area contributed by atoms with E-state index in [1.54, 1.807) is 0 Å². The molecule has 1 N–H and O–H groups in total. The van der Waals surface area contributed by atoms with E-state index in [1.165, 1.54) is 0 Å². The van der Waals surface area contributed by atoms with Gasteiger partial charge in [-0.2, -0.15) is 13.2 Å². The first-order valence-corrected chi connectivity index (χ1v) is 4.03. The maximum atomic E-state index is 13.0. The number of aliphatic hydroxyl groups excluding tert-OH is 1. The third-order valence-electron chi connectivity index (χ3n) is 1.86. The average molecular weight is 220 g/mol. The molecule has 1 rings (SSSR count). The van der Waals surface area contributed by atoms with Gasteiger partial charge in [0.05, 0.1) is 11.7 Å². The summed E-state index contributed by atoms with van der Waals surface area (Å²) in [7, 11) is 0. The lowest BCUT2D eigenvalue weighted by molar-refractivity contribution is -0.140. The van der Waals surface area contributed by atoms with Crippen molar-refractivity contribution in [3.05, 3.63) is 47.8 Å². The van der Waals surface area contributed by atoms with Crippen LogP contribution in [0.25, 0.3) is 0 Å². The smallest absolute Gasteiger partial charge is 0.384 e. The lowest BCUT2D eigenvalue weighted by Gasteiger charge is -2.10. The summed E-state index contributed by atoms with van der Waals surface area (Å²) in [6.45, 7) is 3.24. The first-order valence-electron chi connectivity index (χ1n) is 4.03. The van der Waals surface area contributed by atoms with Gasteiger partial charge < -0.3 is 5.11 Å². The molecule has 0 aliphatic heterocycles. The second-order valence-electron chi connectivity index (χ2n) is 2.92. The maximum absolute atomic E-state index is 13.0. The Balaban J connectivity index is 3.14. The molecule has 0 heterocycles. The molecule has 1 nitrogen and oxygen atoms in total. The Kier molecular flexibility index (Phi) is 3.14. The summed E-state index contributed by atoms with van der Waals surface area (Å²) < 4.78 is 49.4. The Morgan fingerprint density at radius 1 is 1.33 bits per heavy atom. The first-order chi connectivity index (χ1) is 6.86. The predicted molar refractivity (Wildman–Crippen MR) is 46.6 cm³/mol. The number of benzene rings is 1. The topological polar surface area (TPSA) is 20.2 Å². The molecule has 0 aromatic heterocycles. The minimum absolute atomic E-state index is 0.0375. The molecule has 0 radical (unpaired) electrons. The minimum Gasteiger partial charge on any atom is -0.384 e. The molecule has 1 aromatic rings. The van der Waals surface area contributed by atoms with E-state index in [4.69, 9.17) is 0 Å². The molecule has 15 heavy (non-hydrogen) atoms. The molecular weight excluding hydrogens is 212 g/mol. The number of rotatable bonds is 2. The SMILES string of the molecule is C=CC(O)c1ccc(C(F)(F)F)c(F)c1. The van der Waals surface area contributed by atoms with Crippen LogP contribution in [0.15, 0.2) is 30.9 Å². The van der Waals surface area contributed by atoms with Crippen molar-refractivity contribution in [2.45, 2.75) is 12.3 Å². The number of aliphatic hydroxyl groups is 1. The average Bonchev–Trinajstić information content (AvgIpc) is 2.14. The molecular formula is C10H8F4O. The van der Waals surface area contributed by atoms with Crippen LogP contribution in [-0.2, 0) is 6.18 Å². The Morgan fingerprint density at radius 2 is 1.93 bits per heavy atom. The van der Waals surface area contributed by atoms with Gasteiger partial charge in [-0.1, -0.05) is 12.1 Å². The molecule has 0 spiro atoms. The fraction of sp³-hybridized carbons (Fsp3) is 0.200. The molecule has 0 saturated carbocycles. The fourth-order valence-corrected chi connectivity index (χ4v) is 1.08. The van der Waals surface area contributed by atoms with Crippen LogP contribution in [0.4, 0.5) is 17.6 Å². The highest BCUT2D eigenvalue weighted by Crippen LogP contribution is 2.32. The van der Waals surface area contributed by atoms with Gasteiger partial charge in [0.15, 0.2) is 0 Å². The fourth-order valence-electron chi connectivity index (χ4n) is 1.08.